The standard InChI is InChI=1S/2C12H16N4.C7H15N/c1-15-7-4-10(5-8-15)16-9-14-12-11(16)3-2-6-13-12;1-15-7-4-10(5-8-15)16-9-14-11-3-2-6-13-12(11)16;1-7-3-5-8(2)6-4-7/h2*2-3,6,9-10H,4-5,7-8H2,1H3;7H,3-6H2,1-2H3. The Balaban J connectivity index is 0.000000128. The second-order valence-corrected chi connectivity index (χ2v) is 12.1. The molecule has 9 nitrogen and oxygen atoms in total. The third-order valence-electron chi connectivity index (χ3n) is 8.85. The summed E-state index contributed by atoms with van der Waals surface area (Å²) < 4.78 is 4.53. The maximum absolute atomic E-state index is 4.42. The summed E-state index contributed by atoms with van der Waals surface area (Å²) in [5, 5.41) is 0. The summed E-state index contributed by atoms with van der Waals surface area (Å²) in [5.74, 6) is 0.978. The van der Waals surface area contributed by atoms with Gasteiger partial charge in [-0.25, -0.2) is 19.9 Å². The van der Waals surface area contributed by atoms with E-state index >= 15 is 0 Å². The third-order valence-corrected chi connectivity index (χ3v) is 8.85. The lowest BCUT2D eigenvalue weighted by molar-refractivity contribution is 0.223. The molecule has 9 heteroatoms. The van der Waals surface area contributed by atoms with Crippen LogP contribution in [0.5, 0.6) is 0 Å². The van der Waals surface area contributed by atoms with Crippen LogP contribution >= 0.6 is 0 Å². The lowest BCUT2D eigenvalue weighted by atomic mass is 10.00. The predicted molar refractivity (Wildman–Crippen MR) is 162 cm³/mol. The van der Waals surface area contributed by atoms with Crippen LogP contribution in [0.25, 0.3) is 22.3 Å². The van der Waals surface area contributed by atoms with E-state index in [9.17, 15) is 0 Å². The first-order chi connectivity index (χ1) is 19.5. The summed E-state index contributed by atoms with van der Waals surface area (Å²) in [5.41, 5.74) is 4.05. The second kappa shape index (κ2) is 13.7. The number of hydrogen-bond donors (Lipinski definition) is 0. The number of aromatic nitrogens is 6. The molecule has 0 amide bonds. The van der Waals surface area contributed by atoms with Crippen molar-refractivity contribution in [1.29, 1.82) is 0 Å². The summed E-state index contributed by atoms with van der Waals surface area (Å²) >= 11 is 0. The third kappa shape index (κ3) is 7.25. The minimum atomic E-state index is 0.566. The Morgan fingerprint density at radius 2 is 1.12 bits per heavy atom. The lowest BCUT2D eigenvalue weighted by Crippen LogP contribution is -2.31. The number of rotatable bonds is 2. The van der Waals surface area contributed by atoms with E-state index in [-0.39, 0.29) is 0 Å². The fourth-order valence-corrected chi connectivity index (χ4v) is 5.98. The van der Waals surface area contributed by atoms with Crippen molar-refractivity contribution in [3.8, 4) is 0 Å². The van der Waals surface area contributed by atoms with E-state index in [1.807, 2.05) is 37.1 Å². The number of nitrogens with zero attached hydrogens (tertiary/aromatic N) is 9. The van der Waals surface area contributed by atoms with E-state index in [1.165, 1.54) is 64.7 Å². The summed E-state index contributed by atoms with van der Waals surface area (Å²) in [6, 6.07) is 9.20. The lowest BCUT2D eigenvalue weighted by Gasteiger charge is -2.29. The monoisotopic (exact) mass is 545 g/mol. The molecule has 216 valence electrons. The molecule has 3 saturated heterocycles. The van der Waals surface area contributed by atoms with Gasteiger partial charge in [0.1, 0.15) is 5.52 Å². The van der Waals surface area contributed by atoms with Gasteiger partial charge in [-0.1, -0.05) is 6.92 Å². The summed E-state index contributed by atoms with van der Waals surface area (Å²) in [6.45, 7) is 9.62. The van der Waals surface area contributed by atoms with Gasteiger partial charge >= 0.3 is 0 Å². The normalized spacial score (nSPS) is 20.7. The highest BCUT2D eigenvalue weighted by Gasteiger charge is 2.21. The molecule has 0 atom stereocenters. The molecule has 0 aliphatic carbocycles. The average Bonchev–Trinajstić information content (AvgIpc) is 3.61. The summed E-state index contributed by atoms with van der Waals surface area (Å²) in [7, 11) is 6.57. The van der Waals surface area contributed by atoms with Crippen LogP contribution in [0.2, 0.25) is 0 Å². The molecule has 3 aliphatic rings. The van der Waals surface area contributed by atoms with Crippen molar-refractivity contribution >= 4 is 22.3 Å². The van der Waals surface area contributed by atoms with Crippen molar-refractivity contribution in [1.82, 2.24) is 43.8 Å². The van der Waals surface area contributed by atoms with Crippen LogP contribution in [0.15, 0.2) is 49.3 Å². The molecule has 4 aromatic heterocycles. The zero-order valence-electron chi connectivity index (χ0n) is 24.9. The molecule has 0 spiro atoms. The van der Waals surface area contributed by atoms with Gasteiger partial charge in [0.25, 0.3) is 0 Å². The van der Waals surface area contributed by atoms with E-state index in [0.29, 0.717) is 12.1 Å². The van der Waals surface area contributed by atoms with Crippen LogP contribution in [0, 0.1) is 5.92 Å². The Morgan fingerprint density at radius 1 is 0.600 bits per heavy atom. The Bertz CT molecular complexity index is 1200. The Labute approximate surface area is 239 Å². The first-order valence-electron chi connectivity index (χ1n) is 15.1. The van der Waals surface area contributed by atoms with Crippen LogP contribution in [-0.2, 0) is 0 Å². The molecule has 0 N–H and O–H groups in total. The fourth-order valence-electron chi connectivity index (χ4n) is 5.98. The Hall–Kier alpha value is -2.88. The minimum Gasteiger partial charge on any atom is -0.326 e. The van der Waals surface area contributed by atoms with Crippen molar-refractivity contribution in [3.63, 3.8) is 0 Å². The highest BCUT2D eigenvalue weighted by molar-refractivity contribution is 5.70. The quantitative estimate of drug-likeness (QED) is 0.360. The van der Waals surface area contributed by atoms with Crippen LogP contribution in [-0.4, -0.2) is 104 Å². The minimum absolute atomic E-state index is 0.566. The van der Waals surface area contributed by atoms with Gasteiger partial charge in [-0.05, 0) is 129 Å². The van der Waals surface area contributed by atoms with E-state index < -0.39 is 0 Å². The number of fused-ring (bicyclic) bond motifs is 2. The van der Waals surface area contributed by atoms with Gasteiger partial charge in [-0.2, -0.15) is 0 Å². The van der Waals surface area contributed by atoms with E-state index in [2.05, 4.69) is 77.9 Å². The van der Waals surface area contributed by atoms with Gasteiger partial charge in [0.15, 0.2) is 11.3 Å². The van der Waals surface area contributed by atoms with Crippen LogP contribution < -0.4 is 0 Å². The average molecular weight is 546 g/mol. The maximum Gasteiger partial charge on any atom is 0.177 e. The number of hydrogen-bond acceptors (Lipinski definition) is 7. The maximum atomic E-state index is 4.42. The Kier molecular flexibility index (Phi) is 9.78. The van der Waals surface area contributed by atoms with Crippen molar-refractivity contribution in [2.24, 2.45) is 5.92 Å². The van der Waals surface area contributed by atoms with Crippen LogP contribution in [0.1, 0.15) is 57.5 Å². The molecule has 3 fully saturated rings. The Morgan fingerprint density at radius 3 is 1.75 bits per heavy atom. The first kappa shape index (κ1) is 28.6. The van der Waals surface area contributed by atoms with Gasteiger partial charge in [-0.15, -0.1) is 0 Å². The number of imidazole rings is 2. The molecule has 40 heavy (non-hydrogen) atoms. The molecule has 7 heterocycles. The van der Waals surface area contributed by atoms with Crippen molar-refractivity contribution < 1.29 is 0 Å². The summed E-state index contributed by atoms with van der Waals surface area (Å²) in [4.78, 5) is 24.6. The first-order valence-corrected chi connectivity index (χ1v) is 15.1. The molecule has 0 unspecified atom stereocenters. The topological polar surface area (TPSA) is 71.1 Å². The molecule has 7 rings (SSSR count). The van der Waals surface area contributed by atoms with E-state index in [4.69, 9.17) is 0 Å². The highest BCUT2D eigenvalue weighted by atomic mass is 15.2. The molecule has 3 aliphatic heterocycles. The van der Waals surface area contributed by atoms with Gasteiger partial charge in [0.05, 0.1) is 18.2 Å². The molecule has 4 aromatic rings. The zero-order chi connectivity index (χ0) is 27.9. The van der Waals surface area contributed by atoms with Crippen molar-refractivity contribution in [2.75, 3.05) is 60.4 Å². The predicted octanol–water partition coefficient (Wildman–Crippen LogP) is 4.74. The molecule has 0 aromatic carbocycles. The van der Waals surface area contributed by atoms with Gasteiger partial charge in [0, 0.05) is 24.5 Å². The second-order valence-electron chi connectivity index (χ2n) is 12.1. The highest BCUT2D eigenvalue weighted by Crippen LogP contribution is 2.26. The van der Waals surface area contributed by atoms with Gasteiger partial charge < -0.3 is 23.8 Å². The number of piperidine rings is 3. The summed E-state index contributed by atoms with van der Waals surface area (Å²) in [6.07, 6.45) is 15.1. The number of pyridine rings is 2. The molecule has 0 saturated carbocycles. The fraction of sp³-hybridized carbons (Fsp3) is 0.613. The van der Waals surface area contributed by atoms with Crippen molar-refractivity contribution in [3.05, 3.63) is 49.3 Å². The van der Waals surface area contributed by atoms with Crippen molar-refractivity contribution in [2.45, 2.75) is 57.5 Å². The van der Waals surface area contributed by atoms with Gasteiger partial charge in [-0.3, -0.25) is 0 Å². The van der Waals surface area contributed by atoms with E-state index in [0.717, 1.165) is 41.3 Å². The molecular formula is C31H47N9. The van der Waals surface area contributed by atoms with Gasteiger partial charge in [0.2, 0.25) is 0 Å². The largest absolute Gasteiger partial charge is 0.326 e. The molecule has 0 bridgehead atoms. The van der Waals surface area contributed by atoms with Crippen LogP contribution in [0.3, 0.4) is 0 Å². The van der Waals surface area contributed by atoms with Crippen LogP contribution in [0.4, 0.5) is 0 Å². The SMILES string of the molecule is CC1CCN(C)CC1.CN1CCC(n2cnc3cccnc32)CC1.CN1CCC(n2cnc3ncccc32)CC1. The zero-order valence-corrected chi connectivity index (χ0v) is 24.9. The molecule has 0 radical (unpaired) electrons. The molecular weight excluding hydrogens is 498 g/mol. The van der Waals surface area contributed by atoms with E-state index in [1.54, 1.807) is 6.20 Å². The smallest absolute Gasteiger partial charge is 0.177 e. The number of likely N-dealkylation sites (tertiary alicyclic amines) is 3.